The second kappa shape index (κ2) is 5.39. The summed E-state index contributed by atoms with van der Waals surface area (Å²) in [6.07, 6.45) is 0.208. The zero-order valence-corrected chi connectivity index (χ0v) is 8.14. The highest BCUT2D eigenvalue weighted by Crippen LogP contribution is 2.27. The predicted molar refractivity (Wildman–Crippen MR) is 55.0 cm³/mol. The molecule has 3 heteroatoms. The van der Waals surface area contributed by atoms with E-state index in [2.05, 4.69) is 6.58 Å². The Balaban J connectivity index is 3.06. The van der Waals surface area contributed by atoms with E-state index in [-0.39, 0.29) is 17.6 Å². The van der Waals surface area contributed by atoms with Crippen LogP contribution in [0.4, 0.5) is 13.2 Å². The molecule has 0 aliphatic carbocycles. The minimum atomic E-state index is -1.83. The summed E-state index contributed by atoms with van der Waals surface area (Å²) in [5.41, 5.74) is -0.271. The van der Waals surface area contributed by atoms with E-state index < -0.39 is 11.9 Å². The van der Waals surface area contributed by atoms with Crippen molar-refractivity contribution in [3.8, 4) is 0 Å². The summed E-state index contributed by atoms with van der Waals surface area (Å²) in [4.78, 5) is 0. The molecule has 0 radical (unpaired) electrons. The minimum absolute atomic E-state index is 0.0284. The Morgan fingerprint density at radius 1 is 1.27 bits per heavy atom. The number of benzene rings is 1. The van der Waals surface area contributed by atoms with Crippen molar-refractivity contribution in [2.45, 2.75) is 12.8 Å². The molecule has 0 heterocycles. The number of rotatable bonds is 4. The zero-order chi connectivity index (χ0) is 11.3. The molecule has 0 saturated heterocycles. The molecule has 0 N–H and O–H groups in total. The second-order valence-electron chi connectivity index (χ2n) is 3.05. The third kappa shape index (κ3) is 2.98. The Labute approximate surface area is 86.7 Å². The fourth-order valence-corrected chi connectivity index (χ4v) is 1.28. The Hall–Kier alpha value is -1.51. The van der Waals surface area contributed by atoms with Crippen molar-refractivity contribution in [1.82, 2.24) is 0 Å². The van der Waals surface area contributed by atoms with Gasteiger partial charge in [0.25, 0.3) is 6.08 Å². The fourth-order valence-electron chi connectivity index (χ4n) is 1.28. The van der Waals surface area contributed by atoms with Gasteiger partial charge in [-0.3, -0.25) is 0 Å². The van der Waals surface area contributed by atoms with Crippen LogP contribution in [0.15, 0.2) is 43.0 Å². The van der Waals surface area contributed by atoms with E-state index in [1.54, 1.807) is 0 Å². The van der Waals surface area contributed by atoms with Crippen molar-refractivity contribution in [3.05, 3.63) is 54.4 Å². The van der Waals surface area contributed by atoms with Crippen molar-refractivity contribution in [3.63, 3.8) is 0 Å². The fraction of sp³-hybridized carbons (Fsp3) is 0.167. The average Bonchev–Trinajstić information content (AvgIpc) is 2.20. The van der Waals surface area contributed by atoms with Gasteiger partial charge in [0, 0.05) is 11.1 Å². The van der Waals surface area contributed by atoms with Gasteiger partial charge in [0.15, 0.2) is 0 Å². The van der Waals surface area contributed by atoms with Gasteiger partial charge < -0.3 is 0 Å². The molecule has 0 aliphatic heterocycles. The van der Waals surface area contributed by atoms with Crippen molar-refractivity contribution in [2.75, 3.05) is 0 Å². The Bertz CT molecular complexity index is 376. The lowest BCUT2D eigenvalue weighted by molar-refractivity contribution is 0.422. The third-order valence-electron chi connectivity index (χ3n) is 2.03. The van der Waals surface area contributed by atoms with Gasteiger partial charge in [0.1, 0.15) is 5.82 Å². The second-order valence-corrected chi connectivity index (χ2v) is 3.05. The van der Waals surface area contributed by atoms with Crippen LogP contribution in [0.1, 0.15) is 18.4 Å². The number of allylic oxidation sites excluding steroid dienone is 2. The highest BCUT2D eigenvalue weighted by molar-refractivity contribution is 5.66. The van der Waals surface area contributed by atoms with Gasteiger partial charge in [0.05, 0.1) is 0 Å². The molecule has 1 aromatic rings. The standard InChI is InChI=1S/C12H11F3/c1-2-3-6-10(12(14)15)9-7-4-5-8-11(9)13/h2,4-5,7-8H,1,3,6H2. The molecule has 0 atom stereocenters. The topological polar surface area (TPSA) is 0 Å². The van der Waals surface area contributed by atoms with Gasteiger partial charge in [-0.05, 0) is 18.9 Å². The molecule has 1 aromatic carbocycles. The van der Waals surface area contributed by atoms with Crippen LogP contribution >= 0.6 is 0 Å². The van der Waals surface area contributed by atoms with Crippen LogP contribution in [0.3, 0.4) is 0 Å². The van der Waals surface area contributed by atoms with E-state index in [1.807, 2.05) is 0 Å². The number of hydrogen-bond acceptors (Lipinski definition) is 0. The van der Waals surface area contributed by atoms with E-state index in [0.29, 0.717) is 6.42 Å². The van der Waals surface area contributed by atoms with Crippen LogP contribution in [-0.4, -0.2) is 0 Å². The van der Waals surface area contributed by atoms with E-state index in [4.69, 9.17) is 0 Å². The van der Waals surface area contributed by atoms with Gasteiger partial charge >= 0.3 is 0 Å². The quantitative estimate of drug-likeness (QED) is 0.649. The molecule has 0 saturated carbocycles. The maximum atomic E-state index is 13.2. The van der Waals surface area contributed by atoms with Gasteiger partial charge in [0.2, 0.25) is 0 Å². The first-order valence-corrected chi connectivity index (χ1v) is 4.56. The molecule has 1 rings (SSSR count). The maximum Gasteiger partial charge on any atom is 0.274 e. The summed E-state index contributed by atoms with van der Waals surface area (Å²) in [7, 11) is 0. The number of halogens is 3. The molecule has 0 nitrogen and oxygen atoms in total. The van der Waals surface area contributed by atoms with E-state index in [1.165, 1.54) is 30.3 Å². The van der Waals surface area contributed by atoms with Gasteiger partial charge in [-0.1, -0.05) is 24.3 Å². The zero-order valence-electron chi connectivity index (χ0n) is 8.14. The molecule has 0 spiro atoms. The third-order valence-corrected chi connectivity index (χ3v) is 2.03. The maximum absolute atomic E-state index is 13.2. The van der Waals surface area contributed by atoms with Crippen LogP contribution < -0.4 is 0 Å². The predicted octanol–water partition coefficient (Wildman–Crippen LogP) is 4.40. The first-order chi connectivity index (χ1) is 7.16. The molecule has 0 bridgehead atoms. The molecule has 0 aliphatic rings. The molecule has 80 valence electrons. The average molecular weight is 212 g/mol. The molecule has 0 unspecified atom stereocenters. The summed E-state index contributed by atoms with van der Waals surface area (Å²) >= 11 is 0. The SMILES string of the molecule is C=CCCC(=C(F)F)c1ccccc1F. The molecule has 0 aromatic heterocycles. The summed E-state index contributed by atoms with van der Waals surface area (Å²) in [6, 6.07) is 5.54. The largest absolute Gasteiger partial charge is 0.274 e. The summed E-state index contributed by atoms with van der Waals surface area (Å²) in [6.45, 7) is 3.45. The molecular weight excluding hydrogens is 201 g/mol. The van der Waals surface area contributed by atoms with Crippen molar-refractivity contribution < 1.29 is 13.2 Å². The van der Waals surface area contributed by atoms with Crippen LogP contribution in [0.2, 0.25) is 0 Å². The number of hydrogen-bond donors (Lipinski definition) is 0. The summed E-state index contributed by atoms with van der Waals surface area (Å²) in [5, 5.41) is 0. The van der Waals surface area contributed by atoms with Gasteiger partial charge in [-0.2, -0.15) is 8.78 Å². The van der Waals surface area contributed by atoms with Crippen molar-refractivity contribution in [2.24, 2.45) is 0 Å². The Kier molecular flexibility index (Phi) is 4.16. The normalized spacial score (nSPS) is 9.80. The summed E-state index contributed by atoms with van der Waals surface area (Å²) < 4.78 is 38.4. The molecular formula is C12H11F3. The highest BCUT2D eigenvalue weighted by atomic mass is 19.3. The van der Waals surface area contributed by atoms with E-state index in [9.17, 15) is 13.2 Å². The first kappa shape index (κ1) is 11.6. The van der Waals surface area contributed by atoms with Crippen LogP contribution in [-0.2, 0) is 0 Å². The molecule has 15 heavy (non-hydrogen) atoms. The van der Waals surface area contributed by atoms with Crippen molar-refractivity contribution in [1.29, 1.82) is 0 Å². The van der Waals surface area contributed by atoms with E-state index in [0.717, 1.165) is 0 Å². The Morgan fingerprint density at radius 2 is 1.93 bits per heavy atom. The lowest BCUT2D eigenvalue weighted by Gasteiger charge is -2.06. The van der Waals surface area contributed by atoms with Crippen LogP contribution in [0.25, 0.3) is 5.57 Å². The lowest BCUT2D eigenvalue weighted by Crippen LogP contribution is -1.91. The van der Waals surface area contributed by atoms with Gasteiger partial charge in [-0.25, -0.2) is 4.39 Å². The molecule has 0 fully saturated rings. The monoisotopic (exact) mass is 212 g/mol. The smallest absolute Gasteiger partial charge is 0.206 e. The first-order valence-electron chi connectivity index (χ1n) is 4.56. The lowest BCUT2D eigenvalue weighted by atomic mass is 10.0. The van der Waals surface area contributed by atoms with E-state index >= 15 is 0 Å². The van der Waals surface area contributed by atoms with Crippen molar-refractivity contribution >= 4 is 5.57 Å². The van der Waals surface area contributed by atoms with Crippen LogP contribution in [0.5, 0.6) is 0 Å². The van der Waals surface area contributed by atoms with Gasteiger partial charge in [-0.15, -0.1) is 6.58 Å². The highest BCUT2D eigenvalue weighted by Gasteiger charge is 2.12. The van der Waals surface area contributed by atoms with Crippen LogP contribution in [0, 0.1) is 5.82 Å². The molecule has 0 amide bonds. The minimum Gasteiger partial charge on any atom is -0.206 e. The summed E-state index contributed by atoms with van der Waals surface area (Å²) in [5.74, 6) is -0.621. The Morgan fingerprint density at radius 3 is 2.47 bits per heavy atom.